The highest BCUT2D eigenvalue weighted by Crippen LogP contribution is 2.45. The third-order valence-electron chi connectivity index (χ3n) is 8.09. The minimum Gasteiger partial charge on any atom is -0.456 e. The van der Waals surface area contributed by atoms with Gasteiger partial charge in [0, 0.05) is 54.4 Å². The molecule has 3 heterocycles. The number of furan rings is 1. The van der Waals surface area contributed by atoms with E-state index in [-0.39, 0.29) is 0 Å². The molecule has 0 saturated heterocycles. The molecule has 0 amide bonds. The summed E-state index contributed by atoms with van der Waals surface area (Å²) in [5, 5.41) is 16.5. The van der Waals surface area contributed by atoms with Gasteiger partial charge in [-0.05, 0) is 42.8 Å². The maximum Gasteiger partial charge on any atom is 0.135 e. The van der Waals surface area contributed by atoms with Crippen LogP contribution in [0.25, 0.3) is 75.2 Å². The van der Waals surface area contributed by atoms with E-state index < -0.39 is 0 Å². The van der Waals surface area contributed by atoms with E-state index in [2.05, 4.69) is 109 Å². The fraction of sp³-hybridized carbons (Fsp3) is 0.0263. The smallest absolute Gasteiger partial charge is 0.135 e. The first-order chi connectivity index (χ1) is 20.8. The second-order valence-corrected chi connectivity index (χ2v) is 11.4. The Hall–Kier alpha value is -5.37. The van der Waals surface area contributed by atoms with Gasteiger partial charge in [-0.2, -0.15) is 5.26 Å². The molecule has 8 aromatic rings. The van der Waals surface area contributed by atoms with Crippen molar-refractivity contribution in [2.75, 3.05) is 0 Å². The number of aromatic nitrogens is 1. The van der Waals surface area contributed by atoms with Crippen LogP contribution in [-0.2, 0) is 0 Å². The Morgan fingerprint density at radius 3 is 2.36 bits per heavy atom. The van der Waals surface area contributed by atoms with E-state index in [9.17, 15) is 5.26 Å². The summed E-state index contributed by atoms with van der Waals surface area (Å²) in [6, 6.07) is 38.5. The number of thiophene rings is 1. The van der Waals surface area contributed by atoms with Gasteiger partial charge in [0.25, 0.3) is 0 Å². The van der Waals surface area contributed by atoms with Crippen molar-refractivity contribution >= 4 is 86.5 Å². The van der Waals surface area contributed by atoms with Gasteiger partial charge in [-0.15, -0.1) is 11.3 Å². The summed E-state index contributed by atoms with van der Waals surface area (Å²) in [7, 11) is 0. The predicted molar refractivity (Wildman–Crippen MR) is 179 cm³/mol. The molecule has 42 heavy (non-hydrogen) atoms. The lowest BCUT2D eigenvalue weighted by molar-refractivity contribution is 0.669. The minimum absolute atomic E-state index is 0.859. The topological polar surface area (TPSA) is 41.9 Å². The fourth-order valence-corrected chi connectivity index (χ4v) is 7.54. The molecule has 5 aromatic carbocycles. The first-order valence-electron chi connectivity index (χ1n) is 14.0. The second kappa shape index (κ2) is 9.62. The molecule has 0 aliphatic rings. The number of nitrogens with zero attached hydrogens (tertiary/aromatic N) is 2. The zero-order valence-electron chi connectivity index (χ0n) is 22.8. The molecule has 8 rings (SSSR count). The normalized spacial score (nSPS) is 13.0. The minimum atomic E-state index is 0.859. The van der Waals surface area contributed by atoms with Crippen LogP contribution >= 0.6 is 11.3 Å². The standard InChI is InChI=1S/C38H24N2OS/c1-2-32(25(11-9-10-22-39)24-18-21-35-31(23-24)27-13-4-7-16-34(27)41-35)40-33-15-6-3-12-26(33)29-19-20-30-28-14-5-8-17-36(28)42-38(30)37(29)40/h2-21,23H,1H3/b10-9+,25-11-,32-2+. The number of hydrogen-bond acceptors (Lipinski definition) is 3. The number of fused-ring (bicyclic) bond motifs is 10. The highest BCUT2D eigenvalue weighted by Gasteiger charge is 2.21. The van der Waals surface area contributed by atoms with Crippen molar-refractivity contribution in [2.45, 2.75) is 6.92 Å². The molecule has 0 fully saturated rings. The largest absolute Gasteiger partial charge is 0.456 e. The summed E-state index contributed by atoms with van der Waals surface area (Å²) < 4.78 is 11.1. The Balaban J connectivity index is 1.46. The molecule has 0 spiro atoms. The molecule has 0 saturated carbocycles. The number of rotatable bonds is 4. The third-order valence-corrected chi connectivity index (χ3v) is 9.28. The number of para-hydroxylation sites is 2. The Kier molecular flexibility index (Phi) is 5.60. The van der Waals surface area contributed by atoms with Crippen LogP contribution < -0.4 is 0 Å². The van der Waals surface area contributed by atoms with E-state index in [1.165, 1.54) is 42.5 Å². The van der Waals surface area contributed by atoms with Gasteiger partial charge in [-0.1, -0.05) is 91.0 Å². The second-order valence-electron chi connectivity index (χ2n) is 10.3. The van der Waals surface area contributed by atoms with E-state index in [1.54, 1.807) is 0 Å². The van der Waals surface area contributed by atoms with Gasteiger partial charge < -0.3 is 8.98 Å². The quantitative estimate of drug-likeness (QED) is 0.160. The van der Waals surface area contributed by atoms with Gasteiger partial charge in [0.15, 0.2) is 0 Å². The first kappa shape index (κ1) is 24.4. The molecule has 0 aliphatic heterocycles. The van der Waals surface area contributed by atoms with Crippen LogP contribution in [0.3, 0.4) is 0 Å². The average Bonchev–Trinajstić information content (AvgIpc) is 3.70. The van der Waals surface area contributed by atoms with Gasteiger partial charge in [0.05, 0.1) is 21.8 Å². The Morgan fingerprint density at radius 1 is 0.762 bits per heavy atom. The molecular weight excluding hydrogens is 532 g/mol. The van der Waals surface area contributed by atoms with Crippen molar-refractivity contribution in [2.24, 2.45) is 0 Å². The van der Waals surface area contributed by atoms with Crippen LogP contribution in [0.15, 0.2) is 132 Å². The van der Waals surface area contributed by atoms with Crippen molar-refractivity contribution in [1.29, 1.82) is 5.26 Å². The van der Waals surface area contributed by atoms with Crippen molar-refractivity contribution in [3.8, 4) is 6.07 Å². The average molecular weight is 557 g/mol. The fourth-order valence-electron chi connectivity index (χ4n) is 6.30. The summed E-state index contributed by atoms with van der Waals surface area (Å²) in [5.41, 5.74) is 7.22. The predicted octanol–water partition coefficient (Wildman–Crippen LogP) is 11.1. The molecule has 3 aromatic heterocycles. The van der Waals surface area contributed by atoms with E-state index in [4.69, 9.17) is 4.42 Å². The Bertz CT molecular complexity index is 2490. The summed E-state index contributed by atoms with van der Waals surface area (Å²) in [5.74, 6) is 0. The van der Waals surface area contributed by atoms with Crippen LogP contribution in [0.4, 0.5) is 0 Å². The summed E-state index contributed by atoms with van der Waals surface area (Å²) in [6.45, 7) is 2.09. The molecule has 0 aliphatic carbocycles. The number of benzene rings is 5. The lowest BCUT2D eigenvalue weighted by atomic mass is 9.98. The Labute approximate surface area is 246 Å². The van der Waals surface area contributed by atoms with Crippen molar-refractivity contribution in [3.05, 3.63) is 133 Å². The maximum absolute atomic E-state index is 9.33. The van der Waals surface area contributed by atoms with Crippen LogP contribution in [0.2, 0.25) is 0 Å². The van der Waals surface area contributed by atoms with Gasteiger partial charge in [-0.25, -0.2) is 0 Å². The third kappa shape index (κ3) is 3.58. The van der Waals surface area contributed by atoms with Crippen LogP contribution in [0.5, 0.6) is 0 Å². The monoisotopic (exact) mass is 556 g/mol. The zero-order chi connectivity index (χ0) is 28.2. The van der Waals surface area contributed by atoms with E-state index in [1.807, 2.05) is 41.7 Å². The molecule has 4 heteroatoms. The molecule has 0 atom stereocenters. The number of allylic oxidation sites excluding steroid dienone is 6. The van der Waals surface area contributed by atoms with E-state index >= 15 is 0 Å². The van der Waals surface area contributed by atoms with Gasteiger partial charge >= 0.3 is 0 Å². The van der Waals surface area contributed by atoms with E-state index in [0.29, 0.717) is 0 Å². The summed E-state index contributed by atoms with van der Waals surface area (Å²) in [6.07, 6.45) is 7.59. The summed E-state index contributed by atoms with van der Waals surface area (Å²) >= 11 is 1.84. The first-order valence-corrected chi connectivity index (χ1v) is 14.8. The highest BCUT2D eigenvalue weighted by atomic mass is 32.1. The van der Waals surface area contributed by atoms with Gasteiger partial charge in [-0.3, -0.25) is 0 Å². The van der Waals surface area contributed by atoms with Crippen LogP contribution in [-0.4, -0.2) is 4.57 Å². The van der Waals surface area contributed by atoms with Crippen LogP contribution in [0, 0.1) is 11.3 Å². The van der Waals surface area contributed by atoms with Crippen molar-refractivity contribution in [3.63, 3.8) is 0 Å². The molecule has 0 unspecified atom stereocenters. The molecule has 198 valence electrons. The number of nitriles is 1. The van der Waals surface area contributed by atoms with E-state index in [0.717, 1.165) is 44.3 Å². The molecular formula is C38H24N2OS. The SMILES string of the molecule is C\C=C(/C(=C\C=C\C#N)c1ccc2oc3ccccc3c2c1)n1c2ccccc2c2ccc3c4ccccc4sc3c21. The lowest BCUT2D eigenvalue weighted by Crippen LogP contribution is -2.00. The van der Waals surface area contributed by atoms with Gasteiger partial charge in [0.1, 0.15) is 11.2 Å². The maximum atomic E-state index is 9.33. The molecule has 0 N–H and O–H groups in total. The highest BCUT2D eigenvalue weighted by molar-refractivity contribution is 7.26. The number of hydrogen-bond donors (Lipinski definition) is 0. The Morgan fingerprint density at radius 2 is 1.50 bits per heavy atom. The van der Waals surface area contributed by atoms with Crippen molar-refractivity contribution < 1.29 is 4.42 Å². The van der Waals surface area contributed by atoms with Crippen LogP contribution in [0.1, 0.15) is 12.5 Å². The van der Waals surface area contributed by atoms with Crippen molar-refractivity contribution in [1.82, 2.24) is 4.57 Å². The zero-order valence-corrected chi connectivity index (χ0v) is 23.7. The van der Waals surface area contributed by atoms with Gasteiger partial charge in [0.2, 0.25) is 0 Å². The molecule has 3 nitrogen and oxygen atoms in total. The molecule has 0 radical (unpaired) electrons. The lowest BCUT2D eigenvalue weighted by Gasteiger charge is -2.17. The molecule has 0 bridgehead atoms. The summed E-state index contributed by atoms with van der Waals surface area (Å²) in [4.78, 5) is 0.